The highest BCUT2D eigenvalue weighted by Gasteiger charge is 2.15. The first-order valence-corrected chi connectivity index (χ1v) is 8.92. The minimum atomic E-state index is 0. The molecule has 3 N–H and O–H groups in total. The average Bonchev–Trinajstić information content (AvgIpc) is 3.18. The molecule has 26 heavy (non-hydrogen) atoms. The van der Waals surface area contributed by atoms with Crippen LogP contribution in [0.5, 0.6) is 0 Å². The molecule has 0 radical (unpaired) electrons. The fourth-order valence-corrected chi connectivity index (χ4v) is 2.97. The van der Waals surface area contributed by atoms with Crippen LogP contribution in [-0.4, -0.2) is 42.3 Å². The second-order valence-electron chi connectivity index (χ2n) is 6.34. The Labute approximate surface area is 160 Å². The molecule has 0 saturated carbocycles. The van der Waals surface area contributed by atoms with E-state index in [0.717, 1.165) is 30.8 Å². The van der Waals surface area contributed by atoms with Gasteiger partial charge >= 0.3 is 0 Å². The van der Waals surface area contributed by atoms with Gasteiger partial charge in [0.25, 0.3) is 0 Å². The van der Waals surface area contributed by atoms with Crippen LogP contribution in [0.2, 0.25) is 0 Å². The molecule has 2 aromatic rings. The van der Waals surface area contributed by atoms with Crippen molar-refractivity contribution in [2.45, 2.75) is 19.3 Å². The van der Waals surface area contributed by atoms with Gasteiger partial charge in [-0.1, -0.05) is 30.3 Å². The number of amides is 1. The largest absolute Gasteiger partial charge is 0.367 e. The number of anilines is 1. The number of carbonyl (C=O) groups excluding carboxylic acids is 1. The first kappa shape index (κ1) is 20.1. The zero-order valence-electron chi connectivity index (χ0n) is 14.8. The van der Waals surface area contributed by atoms with Gasteiger partial charge in [0, 0.05) is 25.1 Å². The van der Waals surface area contributed by atoms with Gasteiger partial charge in [0.05, 0.1) is 5.69 Å². The van der Waals surface area contributed by atoms with Gasteiger partial charge in [-0.3, -0.25) is 4.79 Å². The minimum Gasteiger partial charge on any atom is -0.367 e. The van der Waals surface area contributed by atoms with E-state index < -0.39 is 0 Å². The summed E-state index contributed by atoms with van der Waals surface area (Å²) >= 11 is 0. The van der Waals surface area contributed by atoms with Crippen molar-refractivity contribution in [2.75, 3.05) is 31.5 Å². The second kappa shape index (κ2) is 10.7. The van der Waals surface area contributed by atoms with E-state index >= 15 is 0 Å². The lowest BCUT2D eigenvalue weighted by Gasteiger charge is -2.09. The topological polar surface area (TPSA) is 78.9 Å². The van der Waals surface area contributed by atoms with E-state index in [1.54, 1.807) is 0 Å². The highest BCUT2D eigenvalue weighted by atomic mass is 35.5. The summed E-state index contributed by atoms with van der Waals surface area (Å²) < 4.78 is 0. The Morgan fingerprint density at radius 1 is 1.12 bits per heavy atom. The Morgan fingerprint density at radius 3 is 2.65 bits per heavy atom. The number of nitrogens with zero attached hydrogens (tertiary/aromatic N) is 2. The highest BCUT2D eigenvalue weighted by molar-refractivity contribution is 5.85. The number of hydrogen-bond donors (Lipinski definition) is 3. The molecule has 1 aromatic heterocycles. The van der Waals surface area contributed by atoms with Crippen molar-refractivity contribution in [3.8, 4) is 11.3 Å². The smallest absolute Gasteiger partial charge is 0.220 e. The molecule has 1 aliphatic rings. The Kier molecular flexibility index (Phi) is 8.31. The number of halogens is 1. The summed E-state index contributed by atoms with van der Waals surface area (Å²) in [7, 11) is 0. The minimum absolute atomic E-state index is 0. The van der Waals surface area contributed by atoms with Crippen LogP contribution in [0, 0.1) is 5.92 Å². The fraction of sp³-hybridized carbons (Fsp3) is 0.421. The van der Waals surface area contributed by atoms with Gasteiger partial charge in [0.1, 0.15) is 5.82 Å². The standard InChI is InChI=1S/C19H25N5O.ClH/c25-19(9-6-15-10-11-20-14-15)22-13-12-21-18-8-7-17(23-24-18)16-4-2-1-3-5-16;/h1-5,7-8,15,20H,6,9-14H2,(H,21,24)(H,22,25);1H. The lowest BCUT2D eigenvalue weighted by molar-refractivity contribution is -0.121. The molecule has 1 atom stereocenters. The molecule has 7 heteroatoms. The van der Waals surface area contributed by atoms with Gasteiger partial charge in [-0.15, -0.1) is 22.6 Å². The summed E-state index contributed by atoms with van der Waals surface area (Å²) in [4.78, 5) is 11.8. The van der Waals surface area contributed by atoms with E-state index in [-0.39, 0.29) is 18.3 Å². The molecule has 2 heterocycles. The van der Waals surface area contributed by atoms with Crippen molar-refractivity contribution in [3.05, 3.63) is 42.5 Å². The molecule has 0 spiro atoms. The van der Waals surface area contributed by atoms with Crippen molar-refractivity contribution < 1.29 is 4.79 Å². The summed E-state index contributed by atoms with van der Waals surface area (Å²) in [6, 6.07) is 13.8. The molecule has 140 valence electrons. The molecular formula is C19H26ClN5O. The van der Waals surface area contributed by atoms with Gasteiger partial charge in [0.2, 0.25) is 5.91 Å². The predicted molar refractivity (Wildman–Crippen MR) is 106 cm³/mol. The summed E-state index contributed by atoms with van der Waals surface area (Å²) in [6.07, 6.45) is 2.77. The van der Waals surface area contributed by atoms with Crippen LogP contribution < -0.4 is 16.0 Å². The summed E-state index contributed by atoms with van der Waals surface area (Å²) in [5.41, 5.74) is 1.90. The number of hydrogen-bond acceptors (Lipinski definition) is 5. The van der Waals surface area contributed by atoms with Gasteiger partial charge in [-0.25, -0.2) is 0 Å². The van der Waals surface area contributed by atoms with Crippen LogP contribution in [0.15, 0.2) is 42.5 Å². The summed E-state index contributed by atoms with van der Waals surface area (Å²) in [5.74, 6) is 1.49. The van der Waals surface area contributed by atoms with E-state index in [2.05, 4.69) is 26.1 Å². The molecule has 1 saturated heterocycles. The maximum absolute atomic E-state index is 11.8. The Morgan fingerprint density at radius 2 is 1.96 bits per heavy atom. The predicted octanol–water partition coefficient (Wildman–Crippen LogP) is 2.48. The SMILES string of the molecule is Cl.O=C(CCC1CCNC1)NCCNc1ccc(-c2ccccc2)nn1. The van der Waals surface area contributed by atoms with Gasteiger partial charge in [-0.2, -0.15) is 0 Å². The third kappa shape index (κ3) is 6.28. The zero-order valence-corrected chi connectivity index (χ0v) is 15.6. The first-order chi connectivity index (χ1) is 12.3. The zero-order chi connectivity index (χ0) is 17.3. The van der Waals surface area contributed by atoms with Gasteiger partial charge in [-0.05, 0) is 44.0 Å². The van der Waals surface area contributed by atoms with Gasteiger partial charge in [0.15, 0.2) is 0 Å². The number of carbonyl (C=O) groups is 1. The van der Waals surface area contributed by atoms with Crippen molar-refractivity contribution in [1.82, 2.24) is 20.8 Å². The van der Waals surface area contributed by atoms with Gasteiger partial charge < -0.3 is 16.0 Å². The van der Waals surface area contributed by atoms with Crippen LogP contribution in [-0.2, 0) is 4.79 Å². The number of nitrogens with one attached hydrogen (secondary N) is 3. The van der Waals surface area contributed by atoms with E-state index in [1.807, 2.05) is 42.5 Å². The maximum Gasteiger partial charge on any atom is 0.220 e. The molecule has 1 unspecified atom stereocenters. The Hall–Kier alpha value is -2.18. The van der Waals surface area contributed by atoms with E-state index in [0.29, 0.717) is 31.2 Å². The maximum atomic E-state index is 11.8. The van der Waals surface area contributed by atoms with E-state index in [4.69, 9.17) is 0 Å². The quantitative estimate of drug-likeness (QED) is 0.618. The Bertz CT molecular complexity index is 659. The van der Waals surface area contributed by atoms with Crippen molar-refractivity contribution in [3.63, 3.8) is 0 Å². The highest BCUT2D eigenvalue weighted by Crippen LogP contribution is 2.16. The molecule has 6 nitrogen and oxygen atoms in total. The summed E-state index contributed by atoms with van der Waals surface area (Å²) in [5, 5.41) is 17.9. The Balaban J connectivity index is 0.00000243. The number of rotatable bonds is 8. The van der Waals surface area contributed by atoms with Crippen LogP contribution in [0.3, 0.4) is 0 Å². The molecule has 1 aliphatic heterocycles. The van der Waals surface area contributed by atoms with Crippen LogP contribution in [0.1, 0.15) is 19.3 Å². The number of aromatic nitrogens is 2. The molecule has 0 bridgehead atoms. The second-order valence-corrected chi connectivity index (χ2v) is 6.34. The first-order valence-electron chi connectivity index (χ1n) is 8.92. The lowest BCUT2D eigenvalue weighted by Crippen LogP contribution is -2.29. The fourth-order valence-electron chi connectivity index (χ4n) is 2.97. The molecule has 1 amide bonds. The van der Waals surface area contributed by atoms with E-state index in [9.17, 15) is 4.79 Å². The number of benzene rings is 1. The van der Waals surface area contributed by atoms with E-state index in [1.165, 1.54) is 6.42 Å². The van der Waals surface area contributed by atoms with Crippen LogP contribution in [0.4, 0.5) is 5.82 Å². The average molecular weight is 376 g/mol. The van der Waals surface area contributed by atoms with Crippen molar-refractivity contribution >= 4 is 24.1 Å². The third-order valence-corrected chi connectivity index (χ3v) is 4.43. The molecule has 3 rings (SSSR count). The molecular weight excluding hydrogens is 350 g/mol. The monoisotopic (exact) mass is 375 g/mol. The lowest BCUT2D eigenvalue weighted by atomic mass is 10.0. The van der Waals surface area contributed by atoms with Crippen molar-refractivity contribution in [2.24, 2.45) is 5.92 Å². The molecule has 1 aromatic carbocycles. The summed E-state index contributed by atoms with van der Waals surface area (Å²) in [6.45, 7) is 3.35. The molecule has 0 aliphatic carbocycles. The normalized spacial score (nSPS) is 15.9. The third-order valence-electron chi connectivity index (χ3n) is 4.43. The van der Waals surface area contributed by atoms with Crippen molar-refractivity contribution in [1.29, 1.82) is 0 Å². The molecule has 1 fully saturated rings. The van der Waals surface area contributed by atoms with Crippen LogP contribution >= 0.6 is 12.4 Å². The van der Waals surface area contributed by atoms with Crippen LogP contribution in [0.25, 0.3) is 11.3 Å².